The number of rotatable bonds is 5. The molecule has 2 aliphatic rings. The molecule has 1 amide bonds. The molecular weight excluding hydrogens is 393 g/mol. The summed E-state index contributed by atoms with van der Waals surface area (Å²) in [6.07, 6.45) is 6.35. The van der Waals surface area contributed by atoms with E-state index in [-0.39, 0.29) is 24.4 Å². The van der Waals surface area contributed by atoms with Gasteiger partial charge in [0.2, 0.25) is 15.7 Å². The molecule has 2 aromatic rings. The summed E-state index contributed by atoms with van der Waals surface area (Å²) in [7, 11) is -3.85. The van der Waals surface area contributed by atoms with Gasteiger partial charge in [-0.05, 0) is 67.0 Å². The van der Waals surface area contributed by atoms with Crippen LogP contribution in [0.25, 0.3) is 0 Å². The van der Waals surface area contributed by atoms with Gasteiger partial charge in [0.25, 0.3) is 5.91 Å². The molecule has 1 aromatic carbocycles. The standard InChI is InChI=1S/C21H24FN3O3S/c22-21(20(26)24-14-16-4-2-10-23-13-16)9-3-11-25(15-21)29(27,28)19-8-7-17-5-1-6-18(17)12-19/h2,4,7-8,10,12-13H,1,3,5-6,9,11,14-15H2,(H,24,26). The molecule has 0 spiro atoms. The zero-order valence-electron chi connectivity index (χ0n) is 16.1. The summed E-state index contributed by atoms with van der Waals surface area (Å²) in [5.74, 6) is -0.782. The van der Waals surface area contributed by atoms with Crippen molar-refractivity contribution in [3.8, 4) is 0 Å². The van der Waals surface area contributed by atoms with Gasteiger partial charge in [-0.25, -0.2) is 12.8 Å². The Morgan fingerprint density at radius 2 is 2.03 bits per heavy atom. The number of sulfonamides is 1. The molecule has 1 aromatic heterocycles. The Balaban J connectivity index is 1.48. The van der Waals surface area contributed by atoms with Crippen molar-refractivity contribution in [2.45, 2.75) is 49.2 Å². The van der Waals surface area contributed by atoms with E-state index >= 15 is 4.39 Å². The molecule has 0 bridgehead atoms. The van der Waals surface area contributed by atoms with Gasteiger partial charge in [0, 0.05) is 25.5 Å². The summed E-state index contributed by atoms with van der Waals surface area (Å²) < 4.78 is 42.8. The van der Waals surface area contributed by atoms with Crippen LogP contribution in [0.2, 0.25) is 0 Å². The Morgan fingerprint density at radius 3 is 2.83 bits per heavy atom. The number of hydrogen-bond donors (Lipinski definition) is 1. The minimum Gasteiger partial charge on any atom is -0.349 e. The molecule has 1 N–H and O–H groups in total. The van der Waals surface area contributed by atoms with Crippen molar-refractivity contribution < 1.29 is 17.6 Å². The average Bonchev–Trinajstić information content (AvgIpc) is 3.20. The van der Waals surface area contributed by atoms with Crippen molar-refractivity contribution in [3.05, 3.63) is 59.4 Å². The summed E-state index contributed by atoms with van der Waals surface area (Å²) in [6, 6.07) is 8.66. The van der Waals surface area contributed by atoms with Gasteiger partial charge in [-0.2, -0.15) is 4.31 Å². The Kier molecular flexibility index (Phi) is 5.40. The van der Waals surface area contributed by atoms with Crippen LogP contribution < -0.4 is 5.32 Å². The summed E-state index contributed by atoms with van der Waals surface area (Å²) in [5, 5.41) is 2.58. The van der Waals surface area contributed by atoms with Crippen LogP contribution in [0.5, 0.6) is 0 Å². The van der Waals surface area contributed by atoms with Gasteiger partial charge in [0.15, 0.2) is 0 Å². The second kappa shape index (κ2) is 7.84. The number of amides is 1. The molecule has 1 aliphatic heterocycles. The van der Waals surface area contributed by atoms with Crippen molar-refractivity contribution in [2.75, 3.05) is 13.1 Å². The molecule has 1 atom stereocenters. The van der Waals surface area contributed by atoms with E-state index in [4.69, 9.17) is 0 Å². The highest BCUT2D eigenvalue weighted by atomic mass is 32.2. The van der Waals surface area contributed by atoms with E-state index in [9.17, 15) is 13.2 Å². The maximum atomic E-state index is 15.5. The molecule has 8 heteroatoms. The zero-order valence-corrected chi connectivity index (χ0v) is 16.9. The van der Waals surface area contributed by atoms with E-state index in [0.29, 0.717) is 6.42 Å². The lowest BCUT2D eigenvalue weighted by Crippen LogP contribution is -2.55. The number of nitrogens with zero attached hydrogens (tertiary/aromatic N) is 2. The third-order valence-electron chi connectivity index (χ3n) is 5.70. The van der Waals surface area contributed by atoms with E-state index in [1.165, 1.54) is 5.56 Å². The maximum absolute atomic E-state index is 15.5. The Morgan fingerprint density at radius 1 is 1.21 bits per heavy atom. The van der Waals surface area contributed by atoms with Gasteiger partial charge in [-0.1, -0.05) is 12.1 Å². The fourth-order valence-corrected chi connectivity index (χ4v) is 5.64. The lowest BCUT2D eigenvalue weighted by molar-refractivity contribution is -0.135. The third kappa shape index (κ3) is 4.04. The number of piperidine rings is 1. The van der Waals surface area contributed by atoms with Crippen molar-refractivity contribution in [2.24, 2.45) is 0 Å². The first-order valence-corrected chi connectivity index (χ1v) is 11.3. The quantitative estimate of drug-likeness (QED) is 0.810. The lowest BCUT2D eigenvalue weighted by atomic mass is 9.95. The predicted molar refractivity (Wildman–Crippen MR) is 106 cm³/mol. The molecule has 1 saturated heterocycles. The van der Waals surface area contributed by atoms with Crippen molar-refractivity contribution >= 4 is 15.9 Å². The number of fused-ring (bicyclic) bond motifs is 1. The monoisotopic (exact) mass is 417 g/mol. The van der Waals surface area contributed by atoms with Gasteiger partial charge >= 0.3 is 0 Å². The molecule has 1 fully saturated rings. The fourth-order valence-electron chi connectivity index (χ4n) is 4.06. The highest BCUT2D eigenvalue weighted by Gasteiger charge is 2.46. The average molecular weight is 418 g/mol. The van der Waals surface area contributed by atoms with E-state index in [2.05, 4.69) is 10.3 Å². The molecule has 6 nitrogen and oxygen atoms in total. The summed E-state index contributed by atoms with van der Waals surface area (Å²) in [5.41, 5.74) is 0.730. The fraction of sp³-hybridized carbons (Fsp3) is 0.429. The first-order chi connectivity index (χ1) is 13.9. The number of halogens is 1. The zero-order chi connectivity index (χ0) is 20.5. The van der Waals surface area contributed by atoms with Crippen LogP contribution >= 0.6 is 0 Å². The number of hydrogen-bond acceptors (Lipinski definition) is 4. The van der Waals surface area contributed by atoms with E-state index in [1.54, 1.807) is 36.7 Å². The topological polar surface area (TPSA) is 79.4 Å². The van der Waals surface area contributed by atoms with Gasteiger partial charge in [-0.15, -0.1) is 0 Å². The molecule has 4 rings (SSSR count). The highest BCUT2D eigenvalue weighted by molar-refractivity contribution is 7.89. The van der Waals surface area contributed by atoms with Crippen LogP contribution in [0.4, 0.5) is 4.39 Å². The Bertz CT molecular complexity index is 1010. The summed E-state index contributed by atoms with van der Waals surface area (Å²) >= 11 is 0. The minimum atomic E-state index is -3.85. The number of nitrogens with one attached hydrogen (secondary N) is 1. The minimum absolute atomic E-state index is 0.00206. The first-order valence-electron chi connectivity index (χ1n) is 9.87. The molecular formula is C21H24FN3O3S. The number of alkyl halides is 1. The van der Waals surface area contributed by atoms with E-state index < -0.39 is 28.1 Å². The van der Waals surface area contributed by atoms with Crippen LogP contribution in [0.15, 0.2) is 47.6 Å². The number of benzene rings is 1. The number of carbonyl (C=O) groups is 1. The highest BCUT2D eigenvalue weighted by Crippen LogP contribution is 2.31. The second-order valence-corrected chi connectivity index (χ2v) is 9.67. The van der Waals surface area contributed by atoms with Crippen LogP contribution in [-0.4, -0.2) is 42.4 Å². The van der Waals surface area contributed by atoms with Gasteiger partial charge in [0.05, 0.1) is 11.4 Å². The van der Waals surface area contributed by atoms with Crippen LogP contribution in [0.1, 0.15) is 36.0 Å². The van der Waals surface area contributed by atoms with Crippen LogP contribution in [0.3, 0.4) is 0 Å². The molecule has 0 radical (unpaired) electrons. The molecule has 0 saturated carbocycles. The number of aromatic nitrogens is 1. The first kappa shape index (κ1) is 20.0. The molecule has 2 heterocycles. The normalized spacial score (nSPS) is 22.2. The largest absolute Gasteiger partial charge is 0.349 e. The Labute approximate surface area is 170 Å². The molecule has 1 aliphatic carbocycles. The van der Waals surface area contributed by atoms with Crippen LogP contribution in [-0.2, 0) is 34.2 Å². The number of pyridine rings is 1. The van der Waals surface area contributed by atoms with E-state index in [0.717, 1.165) is 34.7 Å². The van der Waals surface area contributed by atoms with Gasteiger partial charge in [-0.3, -0.25) is 9.78 Å². The number of aryl methyl sites for hydroxylation is 2. The molecule has 154 valence electrons. The van der Waals surface area contributed by atoms with Gasteiger partial charge in [0.1, 0.15) is 0 Å². The van der Waals surface area contributed by atoms with Crippen LogP contribution in [0, 0.1) is 0 Å². The molecule has 1 unspecified atom stereocenters. The van der Waals surface area contributed by atoms with E-state index in [1.807, 2.05) is 6.07 Å². The SMILES string of the molecule is O=C(NCc1cccnc1)C1(F)CCCN(S(=O)(=O)c2ccc3c(c2)CCC3)C1. The number of carbonyl (C=O) groups excluding carboxylic acids is 1. The van der Waals surface area contributed by atoms with Crippen molar-refractivity contribution in [1.82, 2.24) is 14.6 Å². The van der Waals surface area contributed by atoms with Crippen molar-refractivity contribution in [3.63, 3.8) is 0 Å². The Hall–Kier alpha value is -2.32. The van der Waals surface area contributed by atoms with Crippen molar-refractivity contribution in [1.29, 1.82) is 0 Å². The second-order valence-electron chi connectivity index (χ2n) is 7.74. The summed E-state index contributed by atoms with van der Waals surface area (Å²) in [4.78, 5) is 16.7. The van der Waals surface area contributed by atoms with Gasteiger partial charge < -0.3 is 5.32 Å². The maximum Gasteiger partial charge on any atom is 0.259 e. The predicted octanol–water partition coefficient (Wildman–Crippen LogP) is 2.38. The smallest absolute Gasteiger partial charge is 0.259 e. The summed E-state index contributed by atoms with van der Waals surface area (Å²) in [6.45, 7) is -0.109. The third-order valence-corrected chi connectivity index (χ3v) is 7.54. The molecule has 29 heavy (non-hydrogen) atoms. The lowest BCUT2D eigenvalue weighted by Gasteiger charge is -2.35.